The van der Waals surface area contributed by atoms with Crippen molar-refractivity contribution in [1.82, 2.24) is 4.57 Å². The van der Waals surface area contributed by atoms with E-state index < -0.39 is 5.60 Å². The molecule has 1 heterocycles. The van der Waals surface area contributed by atoms with E-state index in [1.165, 1.54) is 48.6 Å². The summed E-state index contributed by atoms with van der Waals surface area (Å²) >= 11 is 0. The number of hydrogen-bond donors (Lipinski definition) is 1. The highest BCUT2D eigenvalue weighted by molar-refractivity contribution is 5.81. The number of aromatic nitrogens is 1. The van der Waals surface area contributed by atoms with Crippen molar-refractivity contribution in [2.45, 2.75) is 64.0 Å². The lowest BCUT2D eigenvalue weighted by molar-refractivity contribution is 0.0810. The first-order valence-corrected chi connectivity index (χ1v) is 7.85. The Kier molecular flexibility index (Phi) is 3.59. The van der Waals surface area contributed by atoms with Crippen LogP contribution in [0.2, 0.25) is 0 Å². The first-order valence-electron chi connectivity index (χ1n) is 7.85. The average molecular weight is 271 g/mol. The Morgan fingerprint density at radius 2 is 1.90 bits per heavy atom. The lowest BCUT2D eigenvalue weighted by Crippen LogP contribution is -2.21. The molecular weight excluding hydrogens is 246 g/mol. The molecule has 108 valence electrons. The van der Waals surface area contributed by atoms with Gasteiger partial charge in [0.05, 0.1) is 5.60 Å². The number of benzene rings is 1. The summed E-state index contributed by atoms with van der Waals surface area (Å²) in [5.74, 6) is 0. The van der Waals surface area contributed by atoms with Gasteiger partial charge in [-0.1, -0.05) is 25.3 Å². The minimum absolute atomic E-state index is 0.639. The molecule has 1 saturated carbocycles. The smallest absolute Gasteiger partial charge is 0.0631 e. The quantitative estimate of drug-likeness (QED) is 0.876. The molecule has 0 aliphatic heterocycles. The van der Waals surface area contributed by atoms with Gasteiger partial charge in [0.1, 0.15) is 0 Å². The van der Waals surface area contributed by atoms with Gasteiger partial charge in [-0.2, -0.15) is 0 Å². The van der Waals surface area contributed by atoms with Gasteiger partial charge in [-0.3, -0.25) is 0 Å². The van der Waals surface area contributed by atoms with E-state index >= 15 is 0 Å². The molecule has 1 fully saturated rings. The Morgan fingerprint density at radius 1 is 1.15 bits per heavy atom. The largest absolute Gasteiger partial charge is 0.390 e. The summed E-state index contributed by atoms with van der Waals surface area (Å²) in [6.45, 7) is 3.73. The van der Waals surface area contributed by atoms with Gasteiger partial charge < -0.3 is 9.67 Å². The standard InChI is InChI=1S/C18H25NO/c1-18(2,20)13-14-8-9-17-15(12-14)10-11-19(17)16-6-4-3-5-7-16/h8-12,16,20H,3-7,13H2,1-2H3. The molecule has 3 rings (SSSR count). The summed E-state index contributed by atoms with van der Waals surface area (Å²) in [6.07, 6.45) is 9.70. The zero-order chi connectivity index (χ0) is 14.2. The monoisotopic (exact) mass is 271 g/mol. The molecule has 1 aliphatic rings. The van der Waals surface area contributed by atoms with E-state index in [1.54, 1.807) is 0 Å². The molecule has 1 aromatic carbocycles. The van der Waals surface area contributed by atoms with E-state index in [4.69, 9.17) is 0 Å². The minimum atomic E-state index is -0.639. The molecule has 0 atom stereocenters. The molecule has 2 aromatic rings. The van der Waals surface area contributed by atoms with Gasteiger partial charge in [0.2, 0.25) is 0 Å². The van der Waals surface area contributed by atoms with Crippen LogP contribution in [0.4, 0.5) is 0 Å². The van der Waals surface area contributed by atoms with Crippen molar-refractivity contribution in [3.63, 3.8) is 0 Å². The molecule has 0 amide bonds. The third kappa shape index (κ3) is 2.90. The lowest BCUT2D eigenvalue weighted by Gasteiger charge is -2.24. The van der Waals surface area contributed by atoms with E-state index in [1.807, 2.05) is 13.8 Å². The number of rotatable bonds is 3. The van der Waals surface area contributed by atoms with Crippen LogP contribution in [0.1, 0.15) is 57.6 Å². The van der Waals surface area contributed by atoms with Crippen LogP contribution in [0.5, 0.6) is 0 Å². The average Bonchev–Trinajstić information content (AvgIpc) is 2.81. The SMILES string of the molecule is CC(C)(O)Cc1ccc2c(ccn2C2CCCCC2)c1. The van der Waals surface area contributed by atoms with Gasteiger partial charge in [0.25, 0.3) is 0 Å². The second-order valence-electron chi connectivity index (χ2n) is 6.90. The summed E-state index contributed by atoms with van der Waals surface area (Å²) in [7, 11) is 0. The van der Waals surface area contributed by atoms with Gasteiger partial charge in [-0.15, -0.1) is 0 Å². The van der Waals surface area contributed by atoms with Crippen LogP contribution in [0.3, 0.4) is 0 Å². The van der Waals surface area contributed by atoms with Gasteiger partial charge in [0, 0.05) is 24.2 Å². The van der Waals surface area contributed by atoms with Crippen molar-refractivity contribution < 1.29 is 5.11 Å². The molecule has 2 heteroatoms. The molecule has 1 N–H and O–H groups in total. The summed E-state index contributed by atoms with van der Waals surface area (Å²) in [4.78, 5) is 0. The zero-order valence-electron chi connectivity index (χ0n) is 12.6. The molecule has 0 unspecified atom stereocenters. The highest BCUT2D eigenvalue weighted by Crippen LogP contribution is 2.32. The Morgan fingerprint density at radius 3 is 2.60 bits per heavy atom. The maximum atomic E-state index is 9.95. The molecule has 0 radical (unpaired) electrons. The number of aliphatic hydroxyl groups is 1. The van der Waals surface area contributed by atoms with Crippen molar-refractivity contribution in [3.05, 3.63) is 36.0 Å². The fourth-order valence-corrected chi connectivity index (χ4v) is 3.50. The number of hydrogen-bond acceptors (Lipinski definition) is 1. The maximum absolute atomic E-state index is 9.95. The second kappa shape index (κ2) is 5.25. The third-order valence-corrected chi connectivity index (χ3v) is 4.39. The van der Waals surface area contributed by atoms with E-state index in [2.05, 4.69) is 35.0 Å². The van der Waals surface area contributed by atoms with Gasteiger partial charge >= 0.3 is 0 Å². The first-order chi connectivity index (χ1) is 9.53. The number of nitrogens with zero attached hydrogens (tertiary/aromatic N) is 1. The van der Waals surface area contributed by atoms with Crippen molar-refractivity contribution in [1.29, 1.82) is 0 Å². The summed E-state index contributed by atoms with van der Waals surface area (Å²) in [5, 5.41) is 11.3. The Labute approximate surface area is 121 Å². The summed E-state index contributed by atoms with van der Waals surface area (Å²) < 4.78 is 2.46. The third-order valence-electron chi connectivity index (χ3n) is 4.39. The van der Waals surface area contributed by atoms with Gasteiger partial charge in [-0.25, -0.2) is 0 Å². The van der Waals surface area contributed by atoms with Crippen molar-refractivity contribution in [3.8, 4) is 0 Å². The van der Waals surface area contributed by atoms with Crippen molar-refractivity contribution in [2.24, 2.45) is 0 Å². The minimum Gasteiger partial charge on any atom is -0.390 e. The maximum Gasteiger partial charge on any atom is 0.0631 e. The molecular formula is C18H25NO. The van der Waals surface area contributed by atoms with Crippen LogP contribution >= 0.6 is 0 Å². The van der Waals surface area contributed by atoms with Crippen LogP contribution in [-0.2, 0) is 6.42 Å². The fraction of sp³-hybridized carbons (Fsp3) is 0.556. The Bertz CT molecular complexity index is 585. The van der Waals surface area contributed by atoms with Gasteiger partial charge in [0.15, 0.2) is 0 Å². The molecule has 1 aliphatic carbocycles. The van der Waals surface area contributed by atoms with Crippen molar-refractivity contribution in [2.75, 3.05) is 0 Å². The number of fused-ring (bicyclic) bond motifs is 1. The van der Waals surface area contributed by atoms with E-state index in [0.717, 1.165) is 0 Å². The van der Waals surface area contributed by atoms with Crippen LogP contribution in [0.25, 0.3) is 10.9 Å². The molecule has 2 nitrogen and oxygen atoms in total. The van der Waals surface area contributed by atoms with Crippen LogP contribution in [0.15, 0.2) is 30.5 Å². The summed E-state index contributed by atoms with van der Waals surface area (Å²) in [6, 6.07) is 9.52. The first kappa shape index (κ1) is 13.7. The normalized spacial score (nSPS) is 17.8. The highest BCUT2D eigenvalue weighted by atomic mass is 16.3. The lowest BCUT2D eigenvalue weighted by atomic mass is 9.95. The predicted octanol–water partition coefficient (Wildman–Crippen LogP) is 4.46. The molecule has 0 spiro atoms. The predicted molar refractivity (Wildman–Crippen MR) is 84.1 cm³/mol. The second-order valence-corrected chi connectivity index (χ2v) is 6.90. The van der Waals surface area contributed by atoms with E-state index in [0.29, 0.717) is 12.5 Å². The molecule has 1 aromatic heterocycles. The van der Waals surface area contributed by atoms with Crippen LogP contribution in [0, 0.1) is 0 Å². The van der Waals surface area contributed by atoms with Crippen molar-refractivity contribution >= 4 is 10.9 Å². The van der Waals surface area contributed by atoms with Crippen LogP contribution < -0.4 is 0 Å². The Hall–Kier alpha value is -1.28. The van der Waals surface area contributed by atoms with Crippen LogP contribution in [-0.4, -0.2) is 15.3 Å². The van der Waals surface area contributed by atoms with Gasteiger partial charge in [-0.05, 0) is 55.8 Å². The Balaban J connectivity index is 1.89. The fourth-order valence-electron chi connectivity index (χ4n) is 3.50. The highest BCUT2D eigenvalue weighted by Gasteiger charge is 2.17. The zero-order valence-corrected chi connectivity index (χ0v) is 12.6. The topological polar surface area (TPSA) is 25.2 Å². The molecule has 0 saturated heterocycles. The van der Waals surface area contributed by atoms with E-state index in [9.17, 15) is 5.11 Å². The van der Waals surface area contributed by atoms with E-state index in [-0.39, 0.29) is 0 Å². The molecule has 0 bridgehead atoms. The summed E-state index contributed by atoms with van der Waals surface area (Å²) in [5.41, 5.74) is 1.92. The molecule has 20 heavy (non-hydrogen) atoms.